The standard InChI is InChI=1S/C19H24ClNO2/c1-3-14-18(20)11(2)21-19(14)17(23)9-5-12-4-8-16(22)15(10-12)13-6-7-13/h4,8,10-11,13,18,21-22H,3,5-7,9H2,1-2H3. The Bertz CT molecular complexity index is 649. The predicted octanol–water partition coefficient (Wildman–Crippen LogP) is 4.03. The van der Waals surface area contributed by atoms with Crippen LogP contribution in [0.15, 0.2) is 29.5 Å². The molecule has 2 unspecified atom stereocenters. The molecule has 0 bridgehead atoms. The first-order valence-electron chi connectivity index (χ1n) is 8.49. The number of ketones is 1. The number of aromatic hydroxyl groups is 1. The summed E-state index contributed by atoms with van der Waals surface area (Å²) in [5.74, 6) is 1.03. The normalized spacial score (nSPS) is 24.0. The lowest BCUT2D eigenvalue weighted by atomic mass is 9.99. The molecule has 2 N–H and O–H groups in total. The summed E-state index contributed by atoms with van der Waals surface area (Å²) >= 11 is 6.36. The summed E-state index contributed by atoms with van der Waals surface area (Å²) in [5, 5.41) is 13.1. The monoisotopic (exact) mass is 333 g/mol. The Morgan fingerprint density at radius 2 is 2.13 bits per heavy atom. The number of phenolic OH excluding ortho intramolecular Hbond substituents is 1. The van der Waals surface area contributed by atoms with E-state index in [4.69, 9.17) is 11.6 Å². The number of hydrogen-bond acceptors (Lipinski definition) is 3. The molecule has 0 spiro atoms. The van der Waals surface area contributed by atoms with Crippen LogP contribution in [0.1, 0.15) is 56.6 Å². The second-order valence-corrected chi connectivity index (χ2v) is 7.15. The number of carbonyl (C=O) groups excluding carboxylic acids is 1. The van der Waals surface area contributed by atoms with Crippen LogP contribution < -0.4 is 5.32 Å². The number of allylic oxidation sites excluding steroid dienone is 1. The summed E-state index contributed by atoms with van der Waals surface area (Å²) in [6.45, 7) is 4.05. The lowest BCUT2D eigenvalue weighted by Crippen LogP contribution is -2.27. The number of rotatable bonds is 6. The summed E-state index contributed by atoms with van der Waals surface area (Å²) in [6, 6.07) is 5.85. The van der Waals surface area contributed by atoms with E-state index in [1.165, 1.54) is 0 Å². The first-order chi connectivity index (χ1) is 11.0. The highest BCUT2D eigenvalue weighted by molar-refractivity contribution is 6.24. The molecule has 3 rings (SSSR count). The number of nitrogens with one attached hydrogen (secondary N) is 1. The minimum atomic E-state index is -0.0888. The van der Waals surface area contributed by atoms with Gasteiger partial charge in [0.2, 0.25) is 0 Å². The van der Waals surface area contributed by atoms with Gasteiger partial charge in [-0.05, 0) is 61.3 Å². The van der Waals surface area contributed by atoms with Crippen molar-refractivity contribution in [1.29, 1.82) is 0 Å². The summed E-state index contributed by atoms with van der Waals surface area (Å²) in [6.07, 6.45) is 4.28. The first-order valence-corrected chi connectivity index (χ1v) is 8.93. The molecule has 1 fully saturated rings. The minimum absolute atomic E-state index is 0.0888. The molecule has 0 saturated heterocycles. The van der Waals surface area contributed by atoms with Gasteiger partial charge in [-0.1, -0.05) is 19.1 Å². The van der Waals surface area contributed by atoms with E-state index in [0.717, 1.165) is 41.7 Å². The van der Waals surface area contributed by atoms with E-state index >= 15 is 0 Å². The van der Waals surface area contributed by atoms with Crippen LogP contribution in [0.3, 0.4) is 0 Å². The molecule has 1 aliphatic heterocycles. The number of carbonyl (C=O) groups is 1. The van der Waals surface area contributed by atoms with Gasteiger partial charge in [-0.25, -0.2) is 0 Å². The van der Waals surface area contributed by atoms with Crippen molar-refractivity contribution in [3.8, 4) is 5.75 Å². The second kappa shape index (κ2) is 6.56. The number of hydrogen-bond donors (Lipinski definition) is 2. The van der Waals surface area contributed by atoms with Crippen molar-refractivity contribution in [3.05, 3.63) is 40.6 Å². The highest BCUT2D eigenvalue weighted by Gasteiger charge is 2.31. The van der Waals surface area contributed by atoms with Crippen LogP contribution in [0.2, 0.25) is 0 Å². The van der Waals surface area contributed by atoms with Gasteiger partial charge in [0.1, 0.15) is 5.75 Å². The topological polar surface area (TPSA) is 49.3 Å². The van der Waals surface area contributed by atoms with E-state index in [1.807, 2.05) is 19.9 Å². The molecule has 23 heavy (non-hydrogen) atoms. The quantitative estimate of drug-likeness (QED) is 0.773. The first kappa shape index (κ1) is 16.4. The smallest absolute Gasteiger partial charge is 0.179 e. The molecular formula is C19H24ClNO2. The SMILES string of the molecule is CCC1=C(C(=O)CCc2ccc(O)c(C3CC3)c2)NC(C)C1Cl. The Hall–Kier alpha value is -1.48. The Balaban J connectivity index is 1.67. The van der Waals surface area contributed by atoms with Gasteiger partial charge in [0.25, 0.3) is 0 Å². The van der Waals surface area contributed by atoms with Crippen LogP contribution in [0.5, 0.6) is 5.75 Å². The number of alkyl halides is 1. The summed E-state index contributed by atoms with van der Waals surface area (Å²) < 4.78 is 0. The molecule has 0 amide bonds. The van der Waals surface area contributed by atoms with E-state index in [9.17, 15) is 9.90 Å². The van der Waals surface area contributed by atoms with Gasteiger partial charge < -0.3 is 10.4 Å². The molecule has 3 nitrogen and oxygen atoms in total. The Morgan fingerprint density at radius 3 is 2.78 bits per heavy atom. The van der Waals surface area contributed by atoms with Gasteiger partial charge in [0.15, 0.2) is 5.78 Å². The van der Waals surface area contributed by atoms with E-state index in [1.54, 1.807) is 6.07 Å². The third-order valence-electron chi connectivity index (χ3n) is 4.87. The molecule has 1 aromatic rings. The number of benzene rings is 1. The third-order valence-corrected chi connectivity index (χ3v) is 5.52. The zero-order valence-corrected chi connectivity index (χ0v) is 14.5. The maximum atomic E-state index is 12.5. The highest BCUT2D eigenvalue weighted by atomic mass is 35.5. The average molecular weight is 334 g/mol. The zero-order chi connectivity index (χ0) is 16.6. The molecular weight excluding hydrogens is 310 g/mol. The number of phenols is 1. The van der Waals surface area contributed by atoms with Gasteiger partial charge in [-0.2, -0.15) is 0 Å². The fourth-order valence-corrected chi connectivity index (χ4v) is 3.65. The van der Waals surface area contributed by atoms with E-state index in [2.05, 4.69) is 11.4 Å². The van der Waals surface area contributed by atoms with E-state index in [-0.39, 0.29) is 17.2 Å². The molecule has 1 aliphatic carbocycles. The van der Waals surface area contributed by atoms with Crippen molar-refractivity contribution < 1.29 is 9.90 Å². The molecule has 0 aromatic heterocycles. The van der Waals surface area contributed by atoms with Crippen LogP contribution in [-0.2, 0) is 11.2 Å². The molecule has 1 heterocycles. The maximum Gasteiger partial charge on any atom is 0.179 e. The molecule has 4 heteroatoms. The Labute approximate surface area is 142 Å². The lowest BCUT2D eigenvalue weighted by Gasteiger charge is -2.10. The predicted molar refractivity (Wildman–Crippen MR) is 93.0 cm³/mol. The van der Waals surface area contributed by atoms with E-state index in [0.29, 0.717) is 24.5 Å². The molecule has 0 radical (unpaired) electrons. The number of Topliss-reactive ketones (excluding diaryl/α,β-unsaturated/α-hetero) is 1. The van der Waals surface area contributed by atoms with Crippen LogP contribution in [0.4, 0.5) is 0 Å². The fraction of sp³-hybridized carbons (Fsp3) is 0.526. The van der Waals surface area contributed by atoms with Crippen molar-refractivity contribution in [2.45, 2.75) is 63.3 Å². The fourth-order valence-electron chi connectivity index (χ4n) is 3.33. The van der Waals surface area contributed by atoms with Crippen LogP contribution in [0, 0.1) is 0 Å². The summed E-state index contributed by atoms with van der Waals surface area (Å²) in [4.78, 5) is 12.5. The van der Waals surface area contributed by atoms with Crippen molar-refractivity contribution >= 4 is 17.4 Å². The van der Waals surface area contributed by atoms with Gasteiger partial charge >= 0.3 is 0 Å². The number of aryl methyl sites for hydroxylation is 1. The summed E-state index contributed by atoms with van der Waals surface area (Å²) in [5.41, 5.74) is 3.91. The molecule has 1 aromatic carbocycles. The van der Waals surface area contributed by atoms with Crippen LogP contribution in [0.25, 0.3) is 0 Å². The lowest BCUT2D eigenvalue weighted by molar-refractivity contribution is -0.115. The maximum absolute atomic E-state index is 12.5. The zero-order valence-electron chi connectivity index (χ0n) is 13.7. The minimum Gasteiger partial charge on any atom is -0.508 e. The van der Waals surface area contributed by atoms with Gasteiger partial charge in [-0.15, -0.1) is 11.6 Å². The number of halogens is 1. The van der Waals surface area contributed by atoms with Crippen molar-refractivity contribution in [2.24, 2.45) is 0 Å². The average Bonchev–Trinajstić information content (AvgIpc) is 3.33. The second-order valence-electron chi connectivity index (χ2n) is 6.68. The van der Waals surface area contributed by atoms with Crippen molar-refractivity contribution in [1.82, 2.24) is 5.32 Å². The summed E-state index contributed by atoms with van der Waals surface area (Å²) in [7, 11) is 0. The Kier molecular flexibility index (Phi) is 4.67. The molecule has 1 saturated carbocycles. The highest BCUT2D eigenvalue weighted by Crippen LogP contribution is 2.44. The van der Waals surface area contributed by atoms with Crippen LogP contribution >= 0.6 is 11.6 Å². The van der Waals surface area contributed by atoms with Gasteiger partial charge in [0.05, 0.1) is 11.1 Å². The largest absolute Gasteiger partial charge is 0.508 e. The van der Waals surface area contributed by atoms with Gasteiger partial charge in [-0.3, -0.25) is 4.79 Å². The van der Waals surface area contributed by atoms with E-state index < -0.39 is 0 Å². The Morgan fingerprint density at radius 1 is 1.39 bits per heavy atom. The third kappa shape index (κ3) is 3.40. The molecule has 124 valence electrons. The molecule has 2 aliphatic rings. The van der Waals surface area contributed by atoms with Crippen molar-refractivity contribution in [2.75, 3.05) is 0 Å². The van der Waals surface area contributed by atoms with Crippen molar-refractivity contribution in [3.63, 3.8) is 0 Å². The molecule has 2 atom stereocenters. The van der Waals surface area contributed by atoms with Gasteiger partial charge in [0, 0.05) is 12.5 Å². The van der Waals surface area contributed by atoms with Crippen LogP contribution in [-0.4, -0.2) is 22.3 Å².